The lowest BCUT2D eigenvalue weighted by molar-refractivity contribution is -0.137. The quantitative estimate of drug-likeness (QED) is 0.709. The van der Waals surface area contributed by atoms with Crippen LogP contribution in [-0.4, -0.2) is 33.3 Å². The molecule has 25 heavy (non-hydrogen) atoms. The number of para-hydroxylation sites is 1. The largest absolute Gasteiger partial charge is 0.481 e. The number of aliphatic carboxylic acids is 1. The lowest BCUT2D eigenvalue weighted by Gasteiger charge is -2.09. The molecule has 7 heteroatoms. The van der Waals surface area contributed by atoms with Crippen molar-refractivity contribution in [1.82, 2.24) is 15.1 Å². The van der Waals surface area contributed by atoms with Gasteiger partial charge in [0.2, 0.25) is 0 Å². The molecule has 3 aromatic rings. The van der Waals surface area contributed by atoms with E-state index in [9.17, 15) is 9.59 Å². The smallest absolute Gasteiger partial charge is 0.303 e. The van der Waals surface area contributed by atoms with Crippen molar-refractivity contribution in [3.63, 3.8) is 0 Å². The number of fused-ring (bicyclic) bond motifs is 1. The van der Waals surface area contributed by atoms with Crippen LogP contribution in [0.5, 0.6) is 0 Å². The first-order valence-electron chi connectivity index (χ1n) is 8.00. The van der Waals surface area contributed by atoms with Gasteiger partial charge < -0.3 is 10.4 Å². The van der Waals surface area contributed by atoms with Gasteiger partial charge in [-0.15, -0.1) is 11.3 Å². The standard InChI is InChI=1S/C18H19N3O3S/c1-11(8-16(22)23)10-19-17(24)15-9-14-12(2)20-21(18(14)25-15)13-6-4-3-5-7-13/h3-7,9,11H,8,10H2,1-2H3,(H,19,24)(H,22,23). The fraction of sp³-hybridized carbons (Fsp3) is 0.278. The highest BCUT2D eigenvalue weighted by molar-refractivity contribution is 7.20. The number of carbonyl (C=O) groups is 2. The number of carboxylic acids is 1. The molecule has 0 aliphatic rings. The zero-order valence-electron chi connectivity index (χ0n) is 14.0. The molecule has 0 aliphatic carbocycles. The molecule has 0 aliphatic heterocycles. The Morgan fingerprint density at radius 3 is 2.72 bits per heavy atom. The number of hydrogen-bond acceptors (Lipinski definition) is 4. The van der Waals surface area contributed by atoms with Crippen LogP contribution in [0, 0.1) is 12.8 Å². The van der Waals surface area contributed by atoms with Crippen molar-refractivity contribution in [2.45, 2.75) is 20.3 Å². The molecule has 1 amide bonds. The Morgan fingerprint density at radius 2 is 2.04 bits per heavy atom. The number of aromatic nitrogens is 2. The van der Waals surface area contributed by atoms with E-state index in [2.05, 4.69) is 10.4 Å². The topological polar surface area (TPSA) is 84.2 Å². The number of hydrogen-bond donors (Lipinski definition) is 2. The number of rotatable bonds is 6. The number of nitrogens with one attached hydrogen (secondary N) is 1. The van der Waals surface area contributed by atoms with Crippen LogP contribution >= 0.6 is 11.3 Å². The average Bonchev–Trinajstić information content (AvgIpc) is 3.14. The van der Waals surface area contributed by atoms with Crippen LogP contribution in [0.15, 0.2) is 36.4 Å². The number of amides is 1. The van der Waals surface area contributed by atoms with Gasteiger partial charge in [-0.05, 0) is 31.0 Å². The highest BCUT2D eigenvalue weighted by Crippen LogP contribution is 2.30. The van der Waals surface area contributed by atoms with Crippen molar-refractivity contribution >= 4 is 33.4 Å². The molecule has 3 rings (SSSR count). The summed E-state index contributed by atoms with van der Waals surface area (Å²) in [5.74, 6) is -1.16. The van der Waals surface area contributed by atoms with Crippen LogP contribution < -0.4 is 5.32 Å². The van der Waals surface area contributed by atoms with E-state index < -0.39 is 5.97 Å². The maximum atomic E-state index is 12.4. The van der Waals surface area contributed by atoms with E-state index in [1.54, 1.807) is 6.92 Å². The number of nitrogens with zero attached hydrogens (tertiary/aromatic N) is 2. The molecule has 2 N–H and O–H groups in total. The fourth-order valence-electron chi connectivity index (χ4n) is 2.63. The summed E-state index contributed by atoms with van der Waals surface area (Å²) in [5, 5.41) is 17.1. The highest BCUT2D eigenvalue weighted by Gasteiger charge is 2.18. The molecule has 0 saturated heterocycles. The van der Waals surface area contributed by atoms with Gasteiger partial charge in [-0.25, -0.2) is 4.68 Å². The number of thiophene rings is 1. The van der Waals surface area contributed by atoms with E-state index in [1.807, 2.05) is 48.0 Å². The third kappa shape index (κ3) is 3.71. The van der Waals surface area contributed by atoms with E-state index in [-0.39, 0.29) is 18.2 Å². The van der Waals surface area contributed by atoms with Crippen LogP contribution in [0.4, 0.5) is 0 Å². The number of aryl methyl sites for hydroxylation is 1. The van der Waals surface area contributed by atoms with Gasteiger partial charge in [0.25, 0.3) is 5.91 Å². The molecular weight excluding hydrogens is 338 g/mol. The van der Waals surface area contributed by atoms with E-state index in [4.69, 9.17) is 5.11 Å². The van der Waals surface area contributed by atoms with Crippen molar-refractivity contribution in [2.24, 2.45) is 5.92 Å². The Hall–Kier alpha value is -2.67. The Labute approximate surface area is 149 Å². The highest BCUT2D eigenvalue weighted by atomic mass is 32.1. The molecule has 0 bridgehead atoms. The van der Waals surface area contributed by atoms with Crippen molar-refractivity contribution in [3.05, 3.63) is 47.0 Å². The summed E-state index contributed by atoms with van der Waals surface area (Å²) in [5.41, 5.74) is 1.82. The lowest BCUT2D eigenvalue weighted by Crippen LogP contribution is -2.28. The van der Waals surface area contributed by atoms with Gasteiger partial charge in [-0.1, -0.05) is 25.1 Å². The Kier molecular flexibility index (Phi) is 4.85. The summed E-state index contributed by atoms with van der Waals surface area (Å²) < 4.78 is 1.85. The number of benzene rings is 1. The molecule has 0 spiro atoms. The van der Waals surface area contributed by atoms with E-state index in [0.717, 1.165) is 21.6 Å². The van der Waals surface area contributed by atoms with Gasteiger partial charge in [-0.3, -0.25) is 9.59 Å². The summed E-state index contributed by atoms with van der Waals surface area (Å²) >= 11 is 1.39. The molecule has 6 nitrogen and oxygen atoms in total. The second-order valence-corrected chi connectivity index (χ2v) is 7.11. The second kappa shape index (κ2) is 7.06. The molecule has 0 saturated carbocycles. The molecular formula is C18H19N3O3S. The molecule has 2 heterocycles. The molecule has 1 unspecified atom stereocenters. The van der Waals surface area contributed by atoms with Gasteiger partial charge in [0.05, 0.1) is 16.3 Å². The minimum absolute atomic E-state index is 0.0365. The minimum Gasteiger partial charge on any atom is -0.481 e. The number of carbonyl (C=O) groups excluding carboxylic acids is 1. The van der Waals surface area contributed by atoms with E-state index in [1.165, 1.54) is 11.3 Å². The summed E-state index contributed by atoms with van der Waals surface area (Å²) in [6, 6.07) is 11.6. The van der Waals surface area contributed by atoms with Crippen molar-refractivity contribution in [1.29, 1.82) is 0 Å². The van der Waals surface area contributed by atoms with Crippen LogP contribution in [0.25, 0.3) is 15.9 Å². The van der Waals surface area contributed by atoms with Crippen molar-refractivity contribution < 1.29 is 14.7 Å². The van der Waals surface area contributed by atoms with Crippen LogP contribution in [-0.2, 0) is 4.79 Å². The Morgan fingerprint density at radius 1 is 1.32 bits per heavy atom. The second-order valence-electron chi connectivity index (χ2n) is 6.08. The maximum absolute atomic E-state index is 12.4. The summed E-state index contributed by atoms with van der Waals surface area (Å²) in [7, 11) is 0. The lowest BCUT2D eigenvalue weighted by atomic mass is 10.1. The van der Waals surface area contributed by atoms with E-state index in [0.29, 0.717) is 11.4 Å². The first kappa shape index (κ1) is 17.2. The summed E-state index contributed by atoms with van der Waals surface area (Å²) in [4.78, 5) is 24.6. The zero-order chi connectivity index (χ0) is 18.0. The van der Waals surface area contributed by atoms with Crippen LogP contribution in [0.2, 0.25) is 0 Å². The first-order valence-corrected chi connectivity index (χ1v) is 8.82. The average molecular weight is 357 g/mol. The molecule has 130 valence electrons. The first-order chi connectivity index (χ1) is 12.0. The zero-order valence-corrected chi connectivity index (χ0v) is 14.8. The van der Waals surface area contributed by atoms with Crippen molar-refractivity contribution in [3.8, 4) is 5.69 Å². The van der Waals surface area contributed by atoms with Crippen molar-refractivity contribution in [2.75, 3.05) is 6.54 Å². The monoisotopic (exact) mass is 357 g/mol. The van der Waals surface area contributed by atoms with Crippen LogP contribution in [0.1, 0.15) is 28.7 Å². The molecule has 2 aromatic heterocycles. The third-order valence-corrected chi connectivity index (χ3v) is 5.01. The van der Waals surface area contributed by atoms with E-state index >= 15 is 0 Å². The van der Waals surface area contributed by atoms with Gasteiger partial charge in [0, 0.05) is 18.4 Å². The van der Waals surface area contributed by atoms with Gasteiger partial charge in [-0.2, -0.15) is 5.10 Å². The molecule has 0 fully saturated rings. The fourth-order valence-corrected chi connectivity index (χ4v) is 3.73. The number of carboxylic acid groups (broad SMARTS) is 1. The van der Waals surface area contributed by atoms with Gasteiger partial charge in [0.1, 0.15) is 4.83 Å². The SMILES string of the molecule is Cc1nn(-c2ccccc2)c2sc(C(=O)NCC(C)CC(=O)O)cc12. The van der Waals surface area contributed by atoms with Gasteiger partial charge >= 0.3 is 5.97 Å². The van der Waals surface area contributed by atoms with Gasteiger partial charge in [0.15, 0.2) is 0 Å². The summed E-state index contributed by atoms with van der Waals surface area (Å²) in [6.07, 6.45) is 0.0365. The molecule has 1 aromatic carbocycles. The van der Waals surface area contributed by atoms with Crippen LogP contribution in [0.3, 0.4) is 0 Å². The predicted octanol–water partition coefficient (Wildman–Crippen LogP) is 3.24. The summed E-state index contributed by atoms with van der Waals surface area (Å²) in [6.45, 7) is 4.06. The third-order valence-electron chi connectivity index (χ3n) is 3.90. The minimum atomic E-state index is -0.859. The predicted molar refractivity (Wildman–Crippen MR) is 97.4 cm³/mol. The Bertz CT molecular complexity index is 914. The molecule has 0 radical (unpaired) electrons. The Balaban J connectivity index is 1.82. The normalized spacial score (nSPS) is 12.2. The molecule has 1 atom stereocenters. The maximum Gasteiger partial charge on any atom is 0.303 e.